The summed E-state index contributed by atoms with van der Waals surface area (Å²) in [6, 6.07) is 16.0. The van der Waals surface area contributed by atoms with Gasteiger partial charge in [0.25, 0.3) is 0 Å². The number of aryl methyl sites for hydroxylation is 2. The number of H-pyrrole nitrogens is 1. The lowest BCUT2D eigenvalue weighted by Gasteiger charge is -2.12. The minimum atomic E-state index is -0.951. The summed E-state index contributed by atoms with van der Waals surface area (Å²) < 4.78 is 1.81. The second-order valence-corrected chi connectivity index (χ2v) is 9.25. The SMILES string of the molecule is CC(C)(C)O.CCCc1nc(C)c(C(=O)O)n1Cc1ccc(-c2ccccc2-c2nn[nH]n2)cc1. The Morgan fingerprint density at radius 2 is 1.69 bits per heavy atom. The molecule has 0 unspecified atom stereocenters. The van der Waals surface area contributed by atoms with E-state index in [1.807, 2.05) is 53.1 Å². The largest absolute Gasteiger partial charge is 0.477 e. The van der Waals surface area contributed by atoms with E-state index in [2.05, 4.69) is 32.5 Å². The first-order valence-electron chi connectivity index (χ1n) is 11.5. The molecule has 0 aliphatic rings. The number of rotatable bonds is 7. The molecule has 0 aliphatic heterocycles. The summed E-state index contributed by atoms with van der Waals surface area (Å²) in [7, 11) is 0. The van der Waals surface area contributed by atoms with Crippen LogP contribution in [0, 0.1) is 6.92 Å². The van der Waals surface area contributed by atoms with E-state index in [0.29, 0.717) is 18.1 Å². The molecule has 9 nitrogen and oxygen atoms in total. The highest BCUT2D eigenvalue weighted by Crippen LogP contribution is 2.30. The van der Waals surface area contributed by atoms with E-state index in [-0.39, 0.29) is 5.69 Å². The van der Waals surface area contributed by atoms with Crippen molar-refractivity contribution in [2.75, 3.05) is 0 Å². The summed E-state index contributed by atoms with van der Waals surface area (Å²) >= 11 is 0. The number of aromatic amines is 1. The lowest BCUT2D eigenvalue weighted by Crippen LogP contribution is -2.13. The molecule has 0 saturated carbocycles. The zero-order valence-corrected chi connectivity index (χ0v) is 20.8. The van der Waals surface area contributed by atoms with Crippen LogP contribution in [0.5, 0.6) is 0 Å². The lowest BCUT2D eigenvalue weighted by molar-refractivity contribution is 0.0684. The van der Waals surface area contributed by atoms with Gasteiger partial charge in [0.15, 0.2) is 5.69 Å². The van der Waals surface area contributed by atoms with Crippen LogP contribution >= 0.6 is 0 Å². The lowest BCUT2D eigenvalue weighted by atomic mass is 9.98. The number of nitrogens with one attached hydrogen (secondary N) is 1. The van der Waals surface area contributed by atoms with Gasteiger partial charge < -0.3 is 14.8 Å². The Morgan fingerprint density at radius 3 is 2.23 bits per heavy atom. The van der Waals surface area contributed by atoms with E-state index in [4.69, 9.17) is 5.11 Å². The number of aromatic nitrogens is 6. The van der Waals surface area contributed by atoms with Crippen LogP contribution in [0.1, 0.15) is 61.7 Å². The number of hydrogen-bond acceptors (Lipinski definition) is 6. The van der Waals surface area contributed by atoms with Gasteiger partial charge in [0.05, 0.1) is 11.3 Å². The maximum atomic E-state index is 11.8. The molecular formula is C26H32N6O3. The Morgan fingerprint density at radius 1 is 1.06 bits per heavy atom. The predicted octanol–water partition coefficient (Wildman–Crippen LogP) is 4.51. The van der Waals surface area contributed by atoms with E-state index in [9.17, 15) is 9.90 Å². The summed E-state index contributed by atoms with van der Waals surface area (Å²) in [6.45, 7) is 9.50. The number of tetrazole rings is 1. The predicted molar refractivity (Wildman–Crippen MR) is 134 cm³/mol. The molecule has 0 atom stereocenters. The van der Waals surface area contributed by atoms with Gasteiger partial charge in [-0.05, 0) is 56.0 Å². The molecule has 2 aromatic heterocycles. The van der Waals surface area contributed by atoms with E-state index >= 15 is 0 Å². The molecule has 0 radical (unpaired) electrons. The van der Waals surface area contributed by atoms with Crippen molar-refractivity contribution in [3.05, 3.63) is 71.3 Å². The maximum absolute atomic E-state index is 11.8. The molecule has 184 valence electrons. The number of carboxylic acid groups (broad SMARTS) is 1. The van der Waals surface area contributed by atoms with Crippen molar-refractivity contribution in [1.29, 1.82) is 0 Å². The van der Waals surface area contributed by atoms with Crippen LogP contribution in [-0.4, -0.2) is 52.0 Å². The van der Waals surface area contributed by atoms with Gasteiger partial charge in [0, 0.05) is 18.5 Å². The Bertz CT molecular complexity index is 1250. The summed E-state index contributed by atoms with van der Waals surface area (Å²) in [5.74, 6) is 0.394. The Kier molecular flexibility index (Phi) is 8.14. The first-order chi connectivity index (χ1) is 16.6. The normalized spacial score (nSPS) is 11.1. The van der Waals surface area contributed by atoms with Crippen molar-refractivity contribution < 1.29 is 15.0 Å². The topological polar surface area (TPSA) is 130 Å². The summed E-state index contributed by atoms with van der Waals surface area (Å²) in [4.78, 5) is 16.2. The van der Waals surface area contributed by atoms with Gasteiger partial charge in [0.2, 0.25) is 5.82 Å². The second-order valence-electron chi connectivity index (χ2n) is 9.25. The Hall–Kier alpha value is -3.85. The number of aliphatic hydroxyl groups is 1. The maximum Gasteiger partial charge on any atom is 0.354 e. The molecular weight excluding hydrogens is 444 g/mol. The van der Waals surface area contributed by atoms with Crippen LogP contribution in [0.15, 0.2) is 48.5 Å². The molecule has 2 aromatic carbocycles. The van der Waals surface area contributed by atoms with Crippen LogP contribution < -0.4 is 0 Å². The van der Waals surface area contributed by atoms with Crippen molar-refractivity contribution >= 4 is 5.97 Å². The standard InChI is InChI=1S/C22H22N6O2.C4H10O/c1-3-6-19-23-14(2)20(22(29)30)28(19)13-15-9-11-16(12-10-15)17-7-4-5-8-18(17)21-24-26-27-25-21;1-4(2,3)5/h4-5,7-12H,3,6,13H2,1-2H3,(H,29,30)(H,24,25,26,27);5H,1-3H3. The second kappa shape index (κ2) is 11.1. The molecule has 0 spiro atoms. The van der Waals surface area contributed by atoms with Crippen LogP contribution in [-0.2, 0) is 13.0 Å². The van der Waals surface area contributed by atoms with Crippen LogP contribution in [0.2, 0.25) is 0 Å². The minimum absolute atomic E-state index is 0.255. The molecule has 0 fully saturated rings. The first-order valence-corrected chi connectivity index (χ1v) is 11.5. The van der Waals surface area contributed by atoms with Crippen LogP contribution in [0.3, 0.4) is 0 Å². The molecule has 4 aromatic rings. The zero-order valence-electron chi connectivity index (χ0n) is 20.8. The Labute approximate surface area is 204 Å². The zero-order chi connectivity index (χ0) is 25.6. The molecule has 2 heterocycles. The van der Waals surface area contributed by atoms with Crippen molar-refractivity contribution in [1.82, 2.24) is 30.2 Å². The number of aromatic carboxylic acids is 1. The average molecular weight is 477 g/mol. The fourth-order valence-corrected chi connectivity index (χ4v) is 3.66. The highest BCUT2D eigenvalue weighted by Gasteiger charge is 2.20. The van der Waals surface area contributed by atoms with Gasteiger partial charge >= 0.3 is 5.97 Å². The third-order valence-corrected chi connectivity index (χ3v) is 5.02. The van der Waals surface area contributed by atoms with Crippen molar-refractivity contribution in [3.63, 3.8) is 0 Å². The minimum Gasteiger partial charge on any atom is -0.477 e. The average Bonchev–Trinajstić information content (AvgIpc) is 3.42. The molecule has 4 rings (SSSR count). The van der Waals surface area contributed by atoms with Gasteiger partial charge in [-0.2, -0.15) is 5.21 Å². The monoisotopic (exact) mass is 476 g/mol. The van der Waals surface area contributed by atoms with Gasteiger partial charge in [-0.15, -0.1) is 10.2 Å². The van der Waals surface area contributed by atoms with Gasteiger partial charge in [0.1, 0.15) is 5.82 Å². The molecule has 9 heteroatoms. The number of carboxylic acids is 1. The van der Waals surface area contributed by atoms with Gasteiger partial charge in [-0.3, -0.25) is 0 Å². The van der Waals surface area contributed by atoms with Crippen LogP contribution in [0.25, 0.3) is 22.5 Å². The van der Waals surface area contributed by atoms with E-state index in [0.717, 1.165) is 40.9 Å². The third-order valence-electron chi connectivity index (χ3n) is 5.02. The van der Waals surface area contributed by atoms with Gasteiger partial charge in [-0.1, -0.05) is 55.5 Å². The molecule has 0 amide bonds. The summed E-state index contributed by atoms with van der Waals surface area (Å²) in [5.41, 5.74) is 4.23. The highest BCUT2D eigenvalue weighted by molar-refractivity contribution is 5.87. The fraction of sp³-hybridized carbons (Fsp3) is 0.346. The first kappa shape index (κ1) is 25.8. The van der Waals surface area contributed by atoms with Crippen molar-refractivity contribution in [2.45, 2.75) is 59.6 Å². The van der Waals surface area contributed by atoms with Crippen molar-refractivity contribution in [2.24, 2.45) is 0 Å². The van der Waals surface area contributed by atoms with E-state index < -0.39 is 11.6 Å². The number of carbonyl (C=O) groups is 1. The summed E-state index contributed by atoms with van der Waals surface area (Å²) in [6.07, 6.45) is 1.64. The van der Waals surface area contributed by atoms with E-state index in [1.165, 1.54) is 0 Å². The number of hydrogen-bond donors (Lipinski definition) is 3. The third kappa shape index (κ3) is 6.83. The molecule has 0 aliphatic carbocycles. The van der Waals surface area contributed by atoms with Crippen LogP contribution in [0.4, 0.5) is 0 Å². The number of nitrogens with zero attached hydrogens (tertiary/aromatic N) is 5. The molecule has 3 N–H and O–H groups in total. The van der Waals surface area contributed by atoms with Crippen molar-refractivity contribution in [3.8, 4) is 22.5 Å². The highest BCUT2D eigenvalue weighted by atomic mass is 16.4. The van der Waals surface area contributed by atoms with E-state index in [1.54, 1.807) is 27.7 Å². The molecule has 0 saturated heterocycles. The number of benzene rings is 2. The molecule has 35 heavy (non-hydrogen) atoms. The smallest absolute Gasteiger partial charge is 0.354 e. The Balaban J connectivity index is 0.000000623. The summed E-state index contributed by atoms with van der Waals surface area (Å²) in [5, 5.41) is 32.5. The quantitative estimate of drug-likeness (QED) is 0.358. The molecule has 0 bridgehead atoms. The fourth-order valence-electron chi connectivity index (χ4n) is 3.66. The number of imidazole rings is 1. The van der Waals surface area contributed by atoms with Gasteiger partial charge in [-0.25, -0.2) is 9.78 Å².